The first-order valence-electron chi connectivity index (χ1n) is 8.01. The molecule has 0 spiro atoms. The van der Waals surface area contributed by atoms with Gasteiger partial charge in [-0.15, -0.1) is 0 Å². The van der Waals surface area contributed by atoms with Crippen LogP contribution in [0.3, 0.4) is 0 Å². The van der Waals surface area contributed by atoms with Crippen LogP contribution in [0.25, 0.3) is 11.1 Å². The van der Waals surface area contributed by atoms with E-state index in [4.69, 9.17) is 10.5 Å². The predicted molar refractivity (Wildman–Crippen MR) is 91.4 cm³/mol. The lowest BCUT2D eigenvalue weighted by atomic mass is 9.93. The van der Waals surface area contributed by atoms with E-state index in [-0.39, 0.29) is 11.7 Å². The molecule has 0 amide bonds. The lowest BCUT2D eigenvalue weighted by molar-refractivity contribution is 0.261. The van der Waals surface area contributed by atoms with Crippen molar-refractivity contribution >= 4 is 0 Å². The Morgan fingerprint density at radius 3 is 2.48 bits per heavy atom. The van der Waals surface area contributed by atoms with E-state index in [1.165, 1.54) is 17.2 Å². The Balaban J connectivity index is 1.91. The largest absolute Gasteiger partial charge is 0.492 e. The van der Waals surface area contributed by atoms with Gasteiger partial charge < -0.3 is 15.4 Å². The van der Waals surface area contributed by atoms with Gasteiger partial charge in [-0.2, -0.15) is 0 Å². The van der Waals surface area contributed by atoms with Crippen LogP contribution in [0.1, 0.15) is 23.5 Å². The lowest BCUT2D eigenvalue weighted by Gasteiger charge is -2.15. The van der Waals surface area contributed by atoms with Crippen molar-refractivity contribution in [2.45, 2.75) is 12.3 Å². The number of rotatable bonds is 6. The van der Waals surface area contributed by atoms with Gasteiger partial charge in [0, 0.05) is 12.5 Å². The van der Waals surface area contributed by atoms with Crippen molar-refractivity contribution in [3.63, 3.8) is 0 Å². The Morgan fingerprint density at radius 1 is 1.09 bits per heavy atom. The number of hydrogen-bond donors (Lipinski definition) is 1. The van der Waals surface area contributed by atoms with Crippen LogP contribution < -0.4 is 10.5 Å². The standard InChI is InChI=1S/C19H23FN2O/c1-22(2)9-10-23-14-4-6-16-15-5-3-13(20)11-18(15)17(7-8-21)19(16)12-14/h3-6,11-12,17H,7-10,21H2,1-2H3. The summed E-state index contributed by atoms with van der Waals surface area (Å²) in [6, 6.07) is 11.2. The zero-order chi connectivity index (χ0) is 16.4. The van der Waals surface area contributed by atoms with E-state index in [1.807, 2.05) is 26.2 Å². The van der Waals surface area contributed by atoms with Crippen molar-refractivity contribution in [1.29, 1.82) is 0 Å². The number of nitrogens with two attached hydrogens (primary N) is 1. The van der Waals surface area contributed by atoms with Crippen LogP contribution in [-0.4, -0.2) is 38.7 Å². The minimum atomic E-state index is -0.193. The number of ether oxygens (including phenoxy) is 1. The third-order valence-corrected chi connectivity index (χ3v) is 4.34. The molecule has 1 atom stereocenters. The summed E-state index contributed by atoms with van der Waals surface area (Å²) in [6.45, 7) is 2.09. The molecule has 1 aliphatic rings. The van der Waals surface area contributed by atoms with Gasteiger partial charge in [0.25, 0.3) is 0 Å². The van der Waals surface area contributed by atoms with Crippen LogP contribution in [0.5, 0.6) is 5.75 Å². The third kappa shape index (κ3) is 3.23. The minimum absolute atomic E-state index is 0.151. The second kappa shape index (κ2) is 6.69. The van der Waals surface area contributed by atoms with Gasteiger partial charge in [-0.1, -0.05) is 12.1 Å². The highest BCUT2D eigenvalue weighted by Crippen LogP contribution is 2.47. The van der Waals surface area contributed by atoms with Gasteiger partial charge in [-0.05, 0) is 73.6 Å². The SMILES string of the molecule is CN(C)CCOc1ccc2c(c1)C(CCN)c1cc(F)ccc1-2. The van der Waals surface area contributed by atoms with Gasteiger partial charge in [-0.25, -0.2) is 4.39 Å². The second-order valence-electron chi connectivity index (χ2n) is 6.26. The van der Waals surface area contributed by atoms with E-state index in [0.29, 0.717) is 13.2 Å². The van der Waals surface area contributed by atoms with Crippen LogP contribution in [0, 0.1) is 5.82 Å². The number of benzene rings is 2. The molecule has 1 unspecified atom stereocenters. The lowest BCUT2D eigenvalue weighted by Crippen LogP contribution is -2.19. The number of nitrogens with zero attached hydrogens (tertiary/aromatic N) is 1. The molecule has 0 saturated heterocycles. The Hall–Kier alpha value is -1.91. The van der Waals surface area contributed by atoms with Crippen LogP contribution in [0.4, 0.5) is 4.39 Å². The van der Waals surface area contributed by atoms with E-state index in [9.17, 15) is 4.39 Å². The molecule has 0 bridgehead atoms. The molecule has 2 N–H and O–H groups in total. The van der Waals surface area contributed by atoms with E-state index in [0.717, 1.165) is 29.8 Å². The maximum absolute atomic E-state index is 13.7. The summed E-state index contributed by atoms with van der Waals surface area (Å²) in [4.78, 5) is 2.09. The Kier molecular flexibility index (Phi) is 4.64. The molecule has 0 aliphatic heterocycles. The second-order valence-corrected chi connectivity index (χ2v) is 6.26. The van der Waals surface area contributed by atoms with Gasteiger partial charge in [0.1, 0.15) is 18.2 Å². The van der Waals surface area contributed by atoms with Crippen molar-refractivity contribution in [3.05, 3.63) is 53.3 Å². The zero-order valence-electron chi connectivity index (χ0n) is 13.7. The molecule has 1 aliphatic carbocycles. The molecule has 2 aromatic carbocycles. The first-order chi connectivity index (χ1) is 11.1. The highest BCUT2D eigenvalue weighted by atomic mass is 19.1. The summed E-state index contributed by atoms with van der Waals surface area (Å²) in [7, 11) is 4.04. The predicted octanol–water partition coefficient (Wildman–Crippen LogP) is 3.23. The molecular weight excluding hydrogens is 291 g/mol. The van der Waals surface area contributed by atoms with E-state index in [2.05, 4.69) is 17.0 Å². The summed E-state index contributed by atoms with van der Waals surface area (Å²) in [5, 5.41) is 0. The first-order valence-corrected chi connectivity index (χ1v) is 8.01. The van der Waals surface area contributed by atoms with Gasteiger partial charge >= 0.3 is 0 Å². The molecular formula is C19H23FN2O. The van der Waals surface area contributed by atoms with E-state index >= 15 is 0 Å². The molecule has 0 saturated carbocycles. The third-order valence-electron chi connectivity index (χ3n) is 4.34. The fourth-order valence-electron chi connectivity index (χ4n) is 3.22. The van der Waals surface area contributed by atoms with Gasteiger partial charge in [-0.3, -0.25) is 0 Å². The van der Waals surface area contributed by atoms with E-state index < -0.39 is 0 Å². The topological polar surface area (TPSA) is 38.5 Å². The van der Waals surface area contributed by atoms with Crippen LogP contribution in [-0.2, 0) is 0 Å². The summed E-state index contributed by atoms with van der Waals surface area (Å²) in [6.07, 6.45) is 0.810. The Morgan fingerprint density at radius 2 is 1.78 bits per heavy atom. The normalized spacial score (nSPS) is 15.6. The average molecular weight is 314 g/mol. The van der Waals surface area contributed by atoms with Crippen LogP contribution >= 0.6 is 0 Å². The van der Waals surface area contributed by atoms with Crippen molar-refractivity contribution in [2.24, 2.45) is 5.73 Å². The van der Waals surface area contributed by atoms with Gasteiger partial charge in [0.15, 0.2) is 0 Å². The van der Waals surface area contributed by atoms with Crippen LogP contribution in [0.15, 0.2) is 36.4 Å². The molecule has 0 radical (unpaired) electrons. The quantitative estimate of drug-likeness (QED) is 0.889. The number of likely N-dealkylation sites (N-methyl/N-ethyl adjacent to an activating group) is 1. The zero-order valence-corrected chi connectivity index (χ0v) is 13.7. The minimum Gasteiger partial charge on any atom is -0.492 e. The number of halogens is 1. The van der Waals surface area contributed by atoms with Crippen molar-refractivity contribution in [3.8, 4) is 16.9 Å². The van der Waals surface area contributed by atoms with E-state index in [1.54, 1.807) is 6.07 Å². The average Bonchev–Trinajstić information content (AvgIpc) is 2.80. The van der Waals surface area contributed by atoms with Gasteiger partial charge in [0.05, 0.1) is 0 Å². The number of fused-ring (bicyclic) bond motifs is 3. The molecule has 3 rings (SSSR count). The Labute approximate surface area is 136 Å². The molecule has 23 heavy (non-hydrogen) atoms. The summed E-state index contributed by atoms with van der Waals surface area (Å²) in [5.74, 6) is 0.819. The molecule has 122 valence electrons. The van der Waals surface area contributed by atoms with Crippen molar-refractivity contribution < 1.29 is 9.13 Å². The molecule has 3 nitrogen and oxygen atoms in total. The fraction of sp³-hybridized carbons (Fsp3) is 0.368. The smallest absolute Gasteiger partial charge is 0.123 e. The maximum atomic E-state index is 13.7. The summed E-state index contributed by atoms with van der Waals surface area (Å²) in [5.41, 5.74) is 10.3. The fourth-order valence-corrected chi connectivity index (χ4v) is 3.22. The molecule has 0 aromatic heterocycles. The molecule has 0 heterocycles. The highest BCUT2D eigenvalue weighted by Gasteiger charge is 2.28. The molecule has 4 heteroatoms. The number of hydrogen-bond acceptors (Lipinski definition) is 3. The molecule has 0 fully saturated rings. The highest BCUT2D eigenvalue weighted by molar-refractivity contribution is 5.79. The summed E-state index contributed by atoms with van der Waals surface area (Å²) >= 11 is 0. The monoisotopic (exact) mass is 314 g/mol. The first kappa shape index (κ1) is 16.0. The summed E-state index contributed by atoms with van der Waals surface area (Å²) < 4.78 is 19.5. The van der Waals surface area contributed by atoms with Crippen LogP contribution in [0.2, 0.25) is 0 Å². The molecule has 2 aromatic rings. The van der Waals surface area contributed by atoms with Gasteiger partial charge in [0.2, 0.25) is 0 Å². The van der Waals surface area contributed by atoms with Crippen molar-refractivity contribution in [1.82, 2.24) is 4.90 Å². The van der Waals surface area contributed by atoms with Crippen molar-refractivity contribution in [2.75, 3.05) is 33.8 Å². The Bertz CT molecular complexity index is 700. The maximum Gasteiger partial charge on any atom is 0.123 e.